The van der Waals surface area contributed by atoms with Gasteiger partial charge in [0.2, 0.25) is 11.8 Å². The van der Waals surface area contributed by atoms with E-state index >= 15 is 0 Å². The average molecular weight is 234 g/mol. The summed E-state index contributed by atoms with van der Waals surface area (Å²) in [6.45, 7) is 4.09. The minimum absolute atomic E-state index is 0.144. The van der Waals surface area contributed by atoms with Gasteiger partial charge in [0, 0.05) is 6.54 Å². The van der Waals surface area contributed by atoms with Crippen molar-refractivity contribution in [3.8, 4) is 0 Å². The van der Waals surface area contributed by atoms with Crippen molar-refractivity contribution >= 4 is 11.8 Å². The Bertz CT molecular complexity index is 376. The van der Waals surface area contributed by atoms with E-state index in [1.807, 2.05) is 37.3 Å². The van der Waals surface area contributed by atoms with Crippen LogP contribution in [0.3, 0.4) is 0 Å². The van der Waals surface area contributed by atoms with Gasteiger partial charge in [0.05, 0.1) is 6.42 Å². The predicted octanol–water partition coefficient (Wildman–Crippen LogP) is 0.870. The standard InChI is InChI=1S/C13H18N2O2/c1-3-14-13(17)10(2)15-12(16)9-11-7-5-4-6-8-11/h4-8,10H,3,9H2,1-2H3,(H,14,17)(H,15,16)/t10-/m0/s1. The normalized spacial score (nSPS) is 11.6. The second kappa shape index (κ2) is 6.68. The van der Waals surface area contributed by atoms with E-state index in [4.69, 9.17) is 0 Å². The van der Waals surface area contributed by atoms with Gasteiger partial charge in [-0.2, -0.15) is 0 Å². The van der Waals surface area contributed by atoms with Gasteiger partial charge in [0.25, 0.3) is 0 Å². The van der Waals surface area contributed by atoms with E-state index < -0.39 is 6.04 Å². The SMILES string of the molecule is CCNC(=O)[C@H](C)NC(=O)Cc1ccccc1. The van der Waals surface area contributed by atoms with Crippen molar-refractivity contribution in [2.75, 3.05) is 6.54 Å². The summed E-state index contributed by atoms with van der Waals surface area (Å²) >= 11 is 0. The average Bonchev–Trinajstić information content (AvgIpc) is 2.30. The van der Waals surface area contributed by atoms with Crippen LogP contribution in [0.4, 0.5) is 0 Å². The highest BCUT2D eigenvalue weighted by Gasteiger charge is 2.14. The Morgan fingerprint density at radius 2 is 1.88 bits per heavy atom. The van der Waals surface area contributed by atoms with Gasteiger partial charge < -0.3 is 10.6 Å². The Labute approximate surface area is 101 Å². The van der Waals surface area contributed by atoms with Gasteiger partial charge in [0.15, 0.2) is 0 Å². The summed E-state index contributed by atoms with van der Waals surface area (Å²) < 4.78 is 0. The van der Waals surface area contributed by atoms with Gasteiger partial charge in [-0.3, -0.25) is 9.59 Å². The number of carbonyl (C=O) groups is 2. The summed E-state index contributed by atoms with van der Waals surface area (Å²) in [7, 11) is 0. The zero-order valence-corrected chi connectivity index (χ0v) is 10.2. The molecular weight excluding hydrogens is 216 g/mol. The van der Waals surface area contributed by atoms with E-state index in [0.717, 1.165) is 5.56 Å². The number of rotatable bonds is 5. The molecule has 4 heteroatoms. The zero-order chi connectivity index (χ0) is 12.7. The van der Waals surface area contributed by atoms with Crippen molar-refractivity contribution in [1.29, 1.82) is 0 Å². The van der Waals surface area contributed by atoms with Crippen molar-refractivity contribution in [3.63, 3.8) is 0 Å². The molecule has 2 N–H and O–H groups in total. The van der Waals surface area contributed by atoms with E-state index in [9.17, 15) is 9.59 Å². The van der Waals surface area contributed by atoms with E-state index in [1.165, 1.54) is 0 Å². The highest BCUT2D eigenvalue weighted by molar-refractivity contribution is 5.87. The zero-order valence-electron chi connectivity index (χ0n) is 10.2. The largest absolute Gasteiger partial charge is 0.355 e. The molecule has 92 valence electrons. The lowest BCUT2D eigenvalue weighted by Crippen LogP contribution is -2.45. The van der Waals surface area contributed by atoms with Gasteiger partial charge in [-0.1, -0.05) is 30.3 Å². The number of hydrogen-bond acceptors (Lipinski definition) is 2. The highest BCUT2D eigenvalue weighted by atomic mass is 16.2. The smallest absolute Gasteiger partial charge is 0.242 e. The number of hydrogen-bond donors (Lipinski definition) is 2. The molecule has 0 unspecified atom stereocenters. The van der Waals surface area contributed by atoms with Gasteiger partial charge in [-0.05, 0) is 19.4 Å². The molecule has 0 spiro atoms. The minimum atomic E-state index is -0.494. The summed E-state index contributed by atoms with van der Waals surface area (Å²) in [6, 6.07) is 8.95. The maximum absolute atomic E-state index is 11.6. The van der Waals surface area contributed by atoms with Crippen LogP contribution in [0.25, 0.3) is 0 Å². The first-order valence-corrected chi connectivity index (χ1v) is 5.74. The molecule has 0 aliphatic heterocycles. The monoisotopic (exact) mass is 234 g/mol. The molecule has 0 heterocycles. The van der Waals surface area contributed by atoms with Crippen LogP contribution in [0.1, 0.15) is 19.4 Å². The number of carbonyl (C=O) groups excluding carboxylic acids is 2. The Balaban J connectivity index is 2.42. The lowest BCUT2D eigenvalue weighted by molar-refractivity contribution is -0.128. The molecule has 0 aliphatic carbocycles. The van der Waals surface area contributed by atoms with E-state index in [2.05, 4.69) is 10.6 Å². The molecule has 0 bridgehead atoms. The minimum Gasteiger partial charge on any atom is -0.355 e. The van der Waals surface area contributed by atoms with Crippen molar-refractivity contribution in [2.24, 2.45) is 0 Å². The Kier molecular flexibility index (Phi) is 5.20. The molecule has 4 nitrogen and oxygen atoms in total. The van der Waals surface area contributed by atoms with Crippen LogP contribution < -0.4 is 10.6 Å². The lowest BCUT2D eigenvalue weighted by atomic mass is 10.1. The Morgan fingerprint density at radius 3 is 2.47 bits per heavy atom. The molecule has 1 atom stereocenters. The van der Waals surface area contributed by atoms with Crippen LogP contribution in [0.2, 0.25) is 0 Å². The Morgan fingerprint density at radius 1 is 1.24 bits per heavy atom. The fraction of sp³-hybridized carbons (Fsp3) is 0.385. The van der Waals surface area contributed by atoms with Gasteiger partial charge >= 0.3 is 0 Å². The number of benzene rings is 1. The third-order valence-corrected chi connectivity index (χ3v) is 2.33. The van der Waals surface area contributed by atoms with Gasteiger partial charge in [0.1, 0.15) is 6.04 Å². The quantitative estimate of drug-likeness (QED) is 0.794. The highest BCUT2D eigenvalue weighted by Crippen LogP contribution is 1.99. The topological polar surface area (TPSA) is 58.2 Å². The van der Waals surface area contributed by atoms with Crippen molar-refractivity contribution in [3.05, 3.63) is 35.9 Å². The summed E-state index contributed by atoms with van der Waals surface area (Å²) in [4.78, 5) is 23.0. The van der Waals surface area contributed by atoms with Crippen molar-refractivity contribution < 1.29 is 9.59 Å². The van der Waals surface area contributed by atoms with E-state index in [0.29, 0.717) is 13.0 Å². The molecule has 2 amide bonds. The molecule has 0 saturated heterocycles. The molecule has 0 fully saturated rings. The third-order valence-electron chi connectivity index (χ3n) is 2.33. The fourth-order valence-corrected chi connectivity index (χ4v) is 1.47. The van der Waals surface area contributed by atoms with E-state index in [-0.39, 0.29) is 11.8 Å². The van der Waals surface area contributed by atoms with Crippen LogP contribution in [0.15, 0.2) is 30.3 Å². The molecule has 17 heavy (non-hydrogen) atoms. The van der Waals surface area contributed by atoms with Crippen molar-refractivity contribution in [1.82, 2.24) is 10.6 Å². The summed E-state index contributed by atoms with van der Waals surface area (Å²) in [6.07, 6.45) is 0.296. The maximum Gasteiger partial charge on any atom is 0.242 e. The molecule has 0 aliphatic rings. The van der Waals surface area contributed by atoms with E-state index in [1.54, 1.807) is 6.92 Å². The number of amides is 2. The second-order valence-corrected chi connectivity index (χ2v) is 3.85. The molecule has 1 aromatic carbocycles. The van der Waals surface area contributed by atoms with Gasteiger partial charge in [-0.25, -0.2) is 0 Å². The number of nitrogens with one attached hydrogen (secondary N) is 2. The first-order valence-electron chi connectivity index (χ1n) is 5.74. The maximum atomic E-state index is 11.6. The third kappa shape index (κ3) is 4.68. The molecular formula is C13H18N2O2. The van der Waals surface area contributed by atoms with Gasteiger partial charge in [-0.15, -0.1) is 0 Å². The van der Waals surface area contributed by atoms with Crippen molar-refractivity contribution in [2.45, 2.75) is 26.3 Å². The summed E-state index contributed by atoms with van der Waals surface area (Å²) in [5.74, 6) is -0.302. The molecule has 0 radical (unpaired) electrons. The van der Waals surface area contributed by atoms with Crippen LogP contribution in [0.5, 0.6) is 0 Å². The molecule has 1 rings (SSSR count). The van der Waals surface area contributed by atoms with Crippen LogP contribution >= 0.6 is 0 Å². The summed E-state index contributed by atoms with van der Waals surface area (Å²) in [5.41, 5.74) is 0.938. The molecule has 0 aromatic heterocycles. The first kappa shape index (κ1) is 13.2. The van der Waals surface area contributed by atoms with Crippen LogP contribution in [-0.2, 0) is 16.0 Å². The molecule has 0 saturated carbocycles. The van der Waals surface area contributed by atoms with Crippen LogP contribution in [-0.4, -0.2) is 24.4 Å². The molecule has 1 aromatic rings. The second-order valence-electron chi connectivity index (χ2n) is 3.85. The first-order chi connectivity index (χ1) is 8.13. The number of likely N-dealkylation sites (N-methyl/N-ethyl adjacent to an activating group) is 1. The van der Waals surface area contributed by atoms with Crippen LogP contribution in [0, 0.1) is 0 Å². The summed E-state index contributed by atoms with van der Waals surface area (Å²) in [5, 5.41) is 5.32. The fourth-order valence-electron chi connectivity index (χ4n) is 1.47. The lowest BCUT2D eigenvalue weighted by Gasteiger charge is -2.13. The predicted molar refractivity (Wildman–Crippen MR) is 66.4 cm³/mol. The Hall–Kier alpha value is -1.84.